The summed E-state index contributed by atoms with van der Waals surface area (Å²) in [5.74, 6) is 0.608. The molecule has 2 aromatic carbocycles. The van der Waals surface area contributed by atoms with Crippen LogP contribution in [0.4, 0.5) is 5.69 Å². The maximum atomic E-state index is 13.1. The zero-order valence-electron chi connectivity index (χ0n) is 15.9. The van der Waals surface area contributed by atoms with Gasteiger partial charge in [-0.15, -0.1) is 11.3 Å². The molecule has 1 atom stereocenters. The van der Waals surface area contributed by atoms with Gasteiger partial charge in [0.25, 0.3) is 5.56 Å². The summed E-state index contributed by atoms with van der Waals surface area (Å²) in [6, 6.07) is 10.8. The molecule has 6 nitrogen and oxygen atoms in total. The average Bonchev–Trinajstić information content (AvgIpc) is 3.17. The fourth-order valence-corrected chi connectivity index (χ4v) is 4.16. The summed E-state index contributed by atoms with van der Waals surface area (Å²) in [6.45, 7) is 3.90. The number of aryl methyl sites for hydroxylation is 1. The molecule has 0 spiro atoms. The number of nitrogen functional groups attached to an aromatic ring is 1. The van der Waals surface area contributed by atoms with E-state index in [1.165, 1.54) is 11.3 Å². The third kappa shape index (κ3) is 3.76. The van der Waals surface area contributed by atoms with Gasteiger partial charge in [0, 0.05) is 22.5 Å². The van der Waals surface area contributed by atoms with Crippen LogP contribution < -0.4 is 11.3 Å². The number of halogens is 1. The van der Waals surface area contributed by atoms with Crippen LogP contribution in [-0.4, -0.2) is 19.6 Å². The normalized spacial score (nSPS) is 12.4. The van der Waals surface area contributed by atoms with Gasteiger partial charge in [-0.1, -0.05) is 23.7 Å². The Labute approximate surface area is 176 Å². The second-order valence-electron chi connectivity index (χ2n) is 6.88. The van der Waals surface area contributed by atoms with Crippen LogP contribution in [0.1, 0.15) is 29.3 Å². The molecule has 0 fully saturated rings. The summed E-state index contributed by atoms with van der Waals surface area (Å²) in [6.07, 6.45) is 1.04. The van der Waals surface area contributed by atoms with Gasteiger partial charge in [-0.05, 0) is 43.7 Å². The third-order valence-corrected chi connectivity index (χ3v) is 6.19. The number of benzene rings is 2. The maximum Gasteiger partial charge on any atom is 0.261 e. The fraction of sp³-hybridized carbons (Fsp3) is 0.190. The van der Waals surface area contributed by atoms with E-state index in [0.717, 1.165) is 10.4 Å². The molecule has 2 aromatic heterocycles. The van der Waals surface area contributed by atoms with Crippen molar-refractivity contribution in [2.24, 2.45) is 0 Å². The van der Waals surface area contributed by atoms with Crippen LogP contribution in [0.15, 0.2) is 47.4 Å². The Kier molecular flexibility index (Phi) is 5.12. The van der Waals surface area contributed by atoms with Gasteiger partial charge in [-0.25, -0.2) is 9.97 Å². The number of rotatable bonds is 4. The highest BCUT2D eigenvalue weighted by Crippen LogP contribution is 2.34. The lowest BCUT2D eigenvalue weighted by Gasteiger charge is -2.12. The van der Waals surface area contributed by atoms with Gasteiger partial charge >= 0.3 is 0 Å². The molecule has 1 unspecified atom stereocenters. The Balaban J connectivity index is 1.80. The van der Waals surface area contributed by atoms with Crippen molar-refractivity contribution in [3.8, 4) is 10.6 Å². The molecular weight excluding hydrogens is 408 g/mol. The third-order valence-electron chi connectivity index (χ3n) is 4.74. The van der Waals surface area contributed by atoms with Gasteiger partial charge in [0.15, 0.2) is 0 Å². The van der Waals surface area contributed by atoms with E-state index < -0.39 is 6.10 Å². The number of aliphatic hydroxyl groups excluding tert-OH is 1. The minimum absolute atomic E-state index is 0.149. The summed E-state index contributed by atoms with van der Waals surface area (Å²) in [4.78, 5) is 22.8. The van der Waals surface area contributed by atoms with Crippen LogP contribution in [0.5, 0.6) is 0 Å². The van der Waals surface area contributed by atoms with E-state index in [4.69, 9.17) is 17.3 Å². The average molecular weight is 427 g/mol. The summed E-state index contributed by atoms with van der Waals surface area (Å²) >= 11 is 7.31. The quantitative estimate of drug-likeness (QED) is 0.478. The molecule has 0 aliphatic carbocycles. The molecule has 2 heterocycles. The Morgan fingerprint density at radius 2 is 2.00 bits per heavy atom. The molecule has 0 aliphatic rings. The van der Waals surface area contributed by atoms with Crippen molar-refractivity contribution in [1.29, 1.82) is 0 Å². The molecule has 0 radical (unpaired) electrons. The molecule has 4 aromatic rings. The standard InChI is InChI=1S/C21H19ClN4O2S/c1-11(27)19-9-24-20(29-19)15-8-18-16(7-17(15)23)21(28)26(12(2)25-18)10-13-3-5-14(22)6-4-13/h3-9,11,27H,10,23H2,1-2H3. The minimum Gasteiger partial charge on any atom is -0.398 e. The molecule has 4 rings (SSSR count). The number of aromatic nitrogens is 3. The highest BCUT2D eigenvalue weighted by molar-refractivity contribution is 7.15. The van der Waals surface area contributed by atoms with Crippen LogP contribution in [-0.2, 0) is 6.54 Å². The van der Waals surface area contributed by atoms with Crippen molar-refractivity contribution in [2.45, 2.75) is 26.5 Å². The van der Waals surface area contributed by atoms with Crippen LogP contribution in [0.25, 0.3) is 21.5 Å². The van der Waals surface area contributed by atoms with Crippen LogP contribution >= 0.6 is 22.9 Å². The van der Waals surface area contributed by atoms with Crippen molar-refractivity contribution in [3.63, 3.8) is 0 Å². The van der Waals surface area contributed by atoms with Crippen molar-refractivity contribution in [2.75, 3.05) is 5.73 Å². The van der Waals surface area contributed by atoms with Gasteiger partial charge in [0.05, 0.1) is 28.4 Å². The maximum absolute atomic E-state index is 13.1. The SMILES string of the molecule is Cc1nc2cc(-c3ncc(C(C)O)s3)c(N)cc2c(=O)n1Cc1ccc(Cl)cc1. The van der Waals surface area contributed by atoms with Gasteiger partial charge in [-0.2, -0.15) is 0 Å². The first-order valence-electron chi connectivity index (χ1n) is 9.03. The van der Waals surface area contributed by atoms with E-state index in [0.29, 0.717) is 44.6 Å². The van der Waals surface area contributed by atoms with E-state index >= 15 is 0 Å². The van der Waals surface area contributed by atoms with Gasteiger partial charge < -0.3 is 10.8 Å². The topological polar surface area (TPSA) is 94.0 Å². The summed E-state index contributed by atoms with van der Waals surface area (Å²) in [7, 11) is 0. The largest absolute Gasteiger partial charge is 0.398 e. The van der Waals surface area contributed by atoms with E-state index in [-0.39, 0.29) is 5.56 Å². The molecule has 0 aliphatic heterocycles. The molecule has 3 N–H and O–H groups in total. The second kappa shape index (κ2) is 7.59. The van der Waals surface area contributed by atoms with E-state index in [1.807, 2.05) is 19.1 Å². The van der Waals surface area contributed by atoms with Crippen LogP contribution in [0.2, 0.25) is 5.02 Å². The zero-order valence-corrected chi connectivity index (χ0v) is 17.5. The number of hydrogen-bond donors (Lipinski definition) is 2. The Bertz CT molecular complexity index is 1260. The van der Waals surface area contributed by atoms with Gasteiger partial charge in [0.1, 0.15) is 10.8 Å². The number of anilines is 1. The van der Waals surface area contributed by atoms with E-state index in [9.17, 15) is 9.90 Å². The second-order valence-corrected chi connectivity index (χ2v) is 8.38. The summed E-state index contributed by atoms with van der Waals surface area (Å²) in [5.41, 5.74) is 8.77. The number of nitrogens with zero attached hydrogens (tertiary/aromatic N) is 3. The number of aliphatic hydroxyl groups is 1. The first-order valence-corrected chi connectivity index (χ1v) is 10.2. The van der Waals surface area contributed by atoms with Crippen molar-refractivity contribution in [1.82, 2.24) is 14.5 Å². The van der Waals surface area contributed by atoms with Crippen LogP contribution in [0, 0.1) is 6.92 Å². The molecule has 29 heavy (non-hydrogen) atoms. The first kappa shape index (κ1) is 19.6. The van der Waals surface area contributed by atoms with Crippen LogP contribution in [0.3, 0.4) is 0 Å². The zero-order chi connectivity index (χ0) is 20.7. The smallest absolute Gasteiger partial charge is 0.261 e. The molecule has 0 saturated heterocycles. The highest BCUT2D eigenvalue weighted by atomic mass is 35.5. The lowest BCUT2D eigenvalue weighted by atomic mass is 10.1. The highest BCUT2D eigenvalue weighted by Gasteiger charge is 2.15. The Morgan fingerprint density at radius 1 is 1.28 bits per heavy atom. The van der Waals surface area contributed by atoms with E-state index in [2.05, 4.69) is 9.97 Å². The molecule has 0 amide bonds. The molecule has 8 heteroatoms. The lowest BCUT2D eigenvalue weighted by molar-refractivity contribution is 0.203. The number of hydrogen-bond acceptors (Lipinski definition) is 6. The minimum atomic E-state index is -0.594. The van der Waals surface area contributed by atoms with E-state index in [1.54, 1.807) is 42.0 Å². The summed E-state index contributed by atoms with van der Waals surface area (Å²) in [5, 5.41) is 11.5. The molecule has 148 valence electrons. The van der Waals surface area contributed by atoms with Gasteiger partial charge in [-0.3, -0.25) is 9.36 Å². The van der Waals surface area contributed by atoms with Crippen molar-refractivity contribution >= 4 is 39.5 Å². The monoisotopic (exact) mass is 426 g/mol. The number of thiazole rings is 1. The number of nitrogens with two attached hydrogens (primary N) is 1. The fourth-order valence-electron chi connectivity index (χ4n) is 3.14. The van der Waals surface area contributed by atoms with Crippen molar-refractivity contribution < 1.29 is 5.11 Å². The van der Waals surface area contributed by atoms with Gasteiger partial charge in [0.2, 0.25) is 0 Å². The predicted molar refractivity (Wildman–Crippen MR) is 117 cm³/mol. The Hall–Kier alpha value is -2.74. The molecule has 0 bridgehead atoms. The predicted octanol–water partition coefficient (Wildman–Crippen LogP) is 4.17. The molecular formula is C21H19ClN4O2S. The molecule has 0 saturated carbocycles. The lowest BCUT2D eigenvalue weighted by Crippen LogP contribution is -2.24. The Morgan fingerprint density at radius 3 is 2.66 bits per heavy atom. The van der Waals surface area contributed by atoms with Crippen molar-refractivity contribution in [3.05, 3.63) is 74.2 Å². The summed E-state index contributed by atoms with van der Waals surface area (Å²) < 4.78 is 1.62. The first-order chi connectivity index (χ1) is 13.8. The number of fused-ring (bicyclic) bond motifs is 1.